The second-order valence-electron chi connectivity index (χ2n) is 7.61. The Morgan fingerprint density at radius 3 is 2.90 bits per heavy atom. The topological polar surface area (TPSA) is 84.5 Å². The molecule has 1 saturated heterocycles. The summed E-state index contributed by atoms with van der Waals surface area (Å²) >= 11 is 1.21. The van der Waals surface area contributed by atoms with E-state index in [1.54, 1.807) is 6.92 Å². The molecule has 0 saturated carbocycles. The molecule has 0 bridgehead atoms. The molecule has 3 heterocycles. The van der Waals surface area contributed by atoms with E-state index in [-0.39, 0.29) is 5.56 Å². The van der Waals surface area contributed by atoms with Gasteiger partial charge >= 0.3 is 5.97 Å². The number of piperidine rings is 1. The summed E-state index contributed by atoms with van der Waals surface area (Å²) in [5.74, 6) is 1.51. The van der Waals surface area contributed by atoms with Crippen LogP contribution in [0.3, 0.4) is 0 Å². The van der Waals surface area contributed by atoms with Crippen molar-refractivity contribution in [3.63, 3.8) is 0 Å². The molecule has 0 amide bonds. The number of methoxy groups -OCH3 is 1. The summed E-state index contributed by atoms with van der Waals surface area (Å²) in [7, 11) is 1.34. The molecule has 8 heteroatoms. The number of esters is 1. The third-order valence-corrected chi connectivity index (χ3v) is 6.59. The zero-order valence-electron chi connectivity index (χ0n) is 17.1. The zero-order valence-corrected chi connectivity index (χ0v) is 18.0. The van der Waals surface area contributed by atoms with Gasteiger partial charge in [-0.3, -0.25) is 9.69 Å². The number of H-pyrrole nitrogens is 1. The second-order valence-corrected chi connectivity index (χ2v) is 8.61. The fourth-order valence-corrected chi connectivity index (χ4v) is 5.04. The average Bonchev–Trinajstić information content (AvgIpc) is 3.09. The molecule has 1 unspecified atom stereocenters. The molecule has 1 N–H and O–H groups in total. The van der Waals surface area contributed by atoms with E-state index in [0.717, 1.165) is 31.7 Å². The quantitative estimate of drug-likeness (QED) is 0.607. The number of hydrogen-bond acceptors (Lipinski definition) is 7. The van der Waals surface area contributed by atoms with Crippen LogP contribution in [0.4, 0.5) is 0 Å². The summed E-state index contributed by atoms with van der Waals surface area (Å²) < 4.78 is 10.7. The van der Waals surface area contributed by atoms with Crippen molar-refractivity contribution in [2.45, 2.75) is 26.3 Å². The number of ether oxygens (including phenoxy) is 2. The first-order chi connectivity index (χ1) is 14.5. The van der Waals surface area contributed by atoms with Crippen molar-refractivity contribution in [3.8, 4) is 5.75 Å². The number of carbonyl (C=O) groups excluding carboxylic acids is 1. The molecule has 2 aromatic heterocycles. The Hall–Kier alpha value is -2.71. The summed E-state index contributed by atoms with van der Waals surface area (Å²) in [5.41, 5.74) is 0.415. The molecule has 7 nitrogen and oxygen atoms in total. The molecule has 158 valence electrons. The van der Waals surface area contributed by atoms with Gasteiger partial charge < -0.3 is 14.5 Å². The van der Waals surface area contributed by atoms with E-state index in [1.165, 1.54) is 18.4 Å². The highest BCUT2D eigenvalue weighted by Gasteiger charge is 2.23. The van der Waals surface area contributed by atoms with Gasteiger partial charge in [0.25, 0.3) is 5.56 Å². The lowest BCUT2D eigenvalue weighted by Crippen LogP contribution is -2.38. The van der Waals surface area contributed by atoms with Crippen molar-refractivity contribution >= 4 is 27.5 Å². The van der Waals surface area contributed by atoms with Gasteiger partial charge in [-0.1, -0.05) is 18.2 Å². The maximum atomic E-state index is 12.6. The number of rotatable bonds is 6. The minimum atomic E-state index is -0.436. The van der Waals surface area contributed by atoms with Crippen molar-refractivity contribution < 1.29 is 14.3 Å². The fourth-order valence-electron chi connectivity index (χ4n) is 3.92. The largest absolute Gasteiger partial charge is 0.493 e. The van der Waals surface area contributed by atoms with Gasteiger partial charge in [0, 0.05) is 12.5 Å². The second kappa shape index (κ2) is 8.97. The van der Waals surface area contributed by atoms with Gasteiger partial charge in [-0.25, -0.2) is 9.78 Å². The first-order valence-electron chi connectivity index (χ1n) is 10.1. The smallest absolute Gasteiger partial charge is 0.348 e. The Kier molecular flexibility index (Phi) is 6.15. The van der Waals surface area contributed by atoms with Gasteiger partial charge in [-0.05, 0) is 44.0 Å². The number of aryl methyl sites for hydroxylation is 1. The van der Waals surface area contributed by atoms with Crippen molar-refractivity contribution in [3.05, 3.63) is 57.0 Å². The lowest BCUT2D eigenvalue weighted by molar-refractivity contribution is 0.0605. The van der Waals surface area contributed by atoms with Gasteiger partial charge in [0.05, 0.1) is 25.6 Å². The predicted molar refractivity (Wildman–Crippen MR) is 116 cm³/mol. The summed E-state index contributed by atoms with van der Waals surface area (Å²) in [5, 5.41) is 0.469. The highest BCUT2D eigenvalue weighted by atomic mass is 32.1. The van der Waals surface area contributed by atoms with Gasteiger partial charge in [-0.15, -0.1) is 11.3 Å². The van der Waals surface area contributed by atoms with Gasteiger partial charge in [0.15, 0.2) is 0 Å². The summed E-state index contributed by atoms with van der Waals surface area (Å²) in [6, 6.07) is 9.85. The number of aromatic nitrogens is 2. The third-order valence-electron chi connectivity index (χ3n) is 5.43. The number of nitrogens with one attached hydrogen (secondary N) is 1. The molecule has 0 radical (unpaired) electrons. The summed E-state index contributed by atoms with van der Waals surface area (Å²) in [6.45, 7) is 4.85. The normalized spacial score (nSPS) is 17.2. The van der Waals surface area contributed by atoms with E-state index in [9.17, 15) is 9.59 Å². The minimum absolute atomic E-state index is 0.208. The van der Waals surface area contributed by atoms with E-state index in [2.05, 4.69) is 14.9 Å². The standard InChI is InChI=1S/C22H25N3O4S/c1-14-18-20(26)23-17(24-21(18)30-19(14)22(27)28-2)12-25-10-6-7-15(11-25)13-29-16-8-4-3-5-9-16/h3-5,8-9,15H,6-7,10-13H2,1-2H3,(H,23,24,26). The van der Waals surface area contributed by atoms with Crippen LogP contribution in [-0.4, -0.2) is 47.6 Å². The SMILES string of the molecule is COC(=O)c1sc2nc(CN3CCCC(COc4ccccc4)C3)[nH]c(=O)c2c1C. The van der Waals surface area contributed by atoms with Crippen molar-refractivity contribution in [1.82, 2.24) is 14.9 Å². The number of benzene rings is 1. The van der Waals surface area contributed by atoms with Crippen LogP contribution >= 0.6 is 11.3 Å². The maximum Gasteiger partial charge on any atom is 0.348 e. The number of likely N-dealkylation sites (tertiary alicyclic amines) is 1. The molecule has 1 fully saturated rings. The number of fused-ring (bicyclic) bond motifs is 1. The molecule has 30 heavy (non-hydrogen) atoms. The van der Waals surface area contributed by atoms with Crippen molar-refractivity contribution in [2.24, 2.45) is 5.92 Å². The lowest BCUT2D eigenvalue weighted by Gasteiger charge is -2.32. The van der Waals surface area contributed by atoms with Crippen LogP contribution in [0.5, 0.6) is 5.75 Å². The molecule has 1 aliphatic rings. The van der Waals surface area contributed by atoms with E-state index in [0.29, 0.717) is 45.6 Å². The fraction of sp³-hybridized carbons (Fsp3) is 0.409. The van der Waals surface area contributed by atoms with Crippen LogP contribution in [0.25, 0.3) is 10.2 Å². The van der Waals surface area contributed by atoms with E-state index in [1.807, 2.05) is 30.3 Å². The molecule has 0 aliphatic carbocycles. The van der Waals surface area contributed by atoms with Crippen LogP contribution in [0.2, 0.25) is 0 Å². The number of aromatic amines is 1. The molecular weight excluding hydrogens is 402 g/mol. The minimum Gasteiger partial charge on any atom is -0.493 e. The van der Waals surface area contributed by atoms with Gasteiger partial charge in [0.1, 0.15) is 21.3 Å². The Morgan fingerprint density at radius 1 is 1.33 bits per heavy atom. The molecule has 3 aromatic rings. The molecule has 4 rings (SSSR count). The van der Waals surface area contributed by atoms with Crippen molar-refractivity contribution in [2.75, 3.05) is 26.8 Å². The average molecular weight is 428 g/mol. The molecule has 0 spiro atoms. The van der Waals surface area contributed by atoms with Gasteiger partial charge in [-0.2, -0.15) is 0 Å². The van der Waals surface area contributed by atoms with Crippen LogP contribution in [0.1, 0.15) is 33.9 Å². The van der Waals surface area contributed by atoms with Crippen LogP contribution < -0.4 is 10.3 Å². The molecular formula is C22H25N3O4S. The maximum absolute atomic E-state index is 12.6. The van der Waals surface area contributed by atoms with E-state index >= 15 is 0 Å². The summed E-state index contributed by atoms with van der Waals surface area (Å²) in [4.78, 5) is 35.4. The van der Waals surface area contributed by atoms with Crippen LogP contribution in [-0.2, 0) is 11.3 Å². The Morgan fingerprint density at radius 2 is 2.13 bits per heavy atom. The number of thiophene rings is 1. The zero-order chi connectivity index (χ0) is 21.1. The predicted octanol–water partition coefficient (Wildman–Crippen LogP) is 3.37. The van der Waals surface area contributed by atoms with E-state index in [4.69, 9.17) is 9.47 Å². The van der Waals surface area contributed by atoms with Crippen LogP contribution in [0, 0.1) is 12.8 Å². The third kappa shape index (κ3) is 4.39. The number of hydrogen-bond donors (Lipinski definition) is 1. The van der Waals surface area contributed by atoms with Gasteiger partial charge in [0.2, 0.25) is 0 Å². The highest BCUT2D eigenvalue weighted by molar-refractivity contribution is 7.20. The first kappa shape index (κ1) is 20.6. The summed E-state index contributed by atoms with van der Waals surface area (Å²) in [6.07, 6.45) is 2.21. The van der Waals surface area contributed by atoms with Crippen molar-refractivity contribution in [1.29, 1.82) is 0 Å². The Labute approximate surface area is 178 Å². The van der Waals surface area contributed by atoms with Crippen LogP contribution in [0.15, 0.2) is 35.1 Å². The monoisotopic (exact) mass is 427 g/mol. The number of carbonyl (C=O) groups is 1. The molecule has 1 aromatic carbocycles. The van der Waals surface area contributed by atoms with E-state index < -0.39 is 5.97 Å². The molecule has 1 aliphatic heterocycles. The number of nitrogens with zero attached hydrogens (tertiary/aromatic N) is 2. The Bertz CT molecular complexity index is 1090. The highest BCUT2D eigenvalue weighted by Crippen LogP contribution is 2.28. The number of para-hydroxylation sites is 1. The lowest BCUT2D eigenvalue weighted by atomic mass is 9.99. The first-order valence-corrected chi connectivity index (χ1v) is 10.9. The Balaban J connectivity index is 1.45. The molecule has 1 atom stereocenters.